The molecule has 3 heteroatoms. The van der Waals surface area contributed by atoms with Crippen LogP contribution in [-0.2, 0) is 11.8 Å². The van der Waals surface area contributed by atoms with Gasteiger partial charge in [0.15, 0.2) is 0 Å². The highest BCUT2D eigenvalue weighted by molar-refractivity contribution is 6.30. The molecule has 1 saturated carbocycles. The Morgan fingerprint density at radius 2 is 2.12 bits per heavy atom. The summed E-state index contributed by atoms with van der Waals surface area (Å²) in [5.41, 5.74) is 8.69. The molecule has 2 N–H and O–H groups in total. The van der Waals surface area contributed by atoms with Gasteiger partial charge in [-0.25, -0.2) is 0 Å². The molecule has 0 spiro atoms. The Morgan fingerprint density at radius 1 is 1.41 bits per heavy atom. The molecular weight excluding hydrogens is 234 g/mol. The Labute approximate surface area is 108 Å². The lowest BCUT2D eigenvalue weighted by molar-refractivity contribution is 0.250. The Morgan fingerprint density at radius 3 is 2.53 bits per heavy atom. The van der Waals surface area contributed by atoms with Crippen LogP contribution in [0.5, 0.6) is 5.75 Å². The van der Waals surface area contributed by atoms with E-state index >= 15 is 0 Å². The van der Waals surface area contributed by atoms with E-state index in [-0.39, 0.29) is 5.41 Å². The van der Waals surface area contributed by atoms with Crippen molar-refractivity contribution < 1.29 is 4.74 Å². The molecule has 2 nitrogen and oxygen atoms in total. The number of nitrogens with two attached hydrogens (primary N) is 1. The van der Waals surface area contributed by atoms with Gasteiger partial charge in [0.2, 0.25) is 0 Å². The number of ether oxygens (including phenoxy) is 1. The molecule has 1 aromatic carbocycles. The SMILES string of the molecule is CCc1c(OC)cc(Cl)cc1C1(CN)CCC1. The van der Waals surface area contributed by atoms with Gasteiger partial charge in [-0.05, 0) is 42.5 Å². The van der Waals surface area contributed by atoms with Crippen molar-refractivity contribution in [1.82, 2.24) is 0 Å². The van der Waals surface area contributed by atoms with E-state index in [0.29, 0.717) is 6.54 Å². The summed E-state index contributed by atoms with van der Waals surface area (Å²) >= 11 is 6.18. The summed E-state index contributed by atoms with van der Waals surface area (Å²) in [5.74, 6) is 0.898. The van der Waals surface area contributed by atoms with Crippen molar-refractivity contribution in [2.24, 2.45) is 5.73 Å². The quantitative estimate of drug-likeness (QED) is 0.894. The van der Waals surface area contributed by atoms with Crippen LogP contribution in [0.2, 0.25) is 5.02 Å². The fraction of sp³-hybridized carbons (Fsp3) is 0.571. The molecule has 0 atom stereocenters. The van der Waals surface area contributed by atoms with Gasteiger partial charge < -0.3 is 10.5 Å². The van der Waals surface area contributed by atoms with E-state index in [9.17, 15) is 0 Å². The molecule has 0 saturated heterocycles. The van der Waals surface area contributed by atoms with Crippen molar-refractivity contribution in [2.45, 2.75) is 38.0 Å². The summed E-state index contributed by atoms with van der Waals surface area (Å²) < 4.78 is 5.44. The first kappa shape index (κ1) is 12.7. The minimum atomic E-state index is 0.142. The summed E-state index contributed by atoms with van der Waals surface area (Å²) in [4.78, 5) is 0. The van der Waals surface area contributed by atoms with E-state index in [2.05, 4.69) is 13.0 Å². The van der Waals surface area contributed by atoms with E-state index in [1.54, 1.807) is 7.11 Å². The van der Waals surface area contributed by atoms with Gasteiger partial charge in [0.1, 0.15) is 5.75 Å². The van der Waals surface area contributed by atoms with Crippen LogP contribution >= 0.6 is 11.6 Å². The largest absolute Gasteiger partial charge is 0.496 e. The fourth-order valence-electron chi connectivity index (χ4n) is 2.82. The molecule has 0 heterocycles. The summed E-state index contributed by atoms with van der Waals surface area (Å²) in [6.07, 6.45) is 4.55. The van der Waals surface area contributed by atoms with Gasteiger partial charge in [0.05, 0.1) is 7.11 Å². The Hall–Kier alpha value is -0.730. The molecular formula is C14H20ClNO. The summed E-state index contributed by atoms with van der Waals surface area (Å²) in [6, 6.07) is 3.97. The molecule has 94 valence electrons. The number of hydrogen-bond donors (Lipinski definition) is 1. The lowest BCUT2D eigenvalue weighted by Gasteiger charge is -2.43. The standard InChI is InChI=1S/C14H20ClNO/c1-3-11-12(14(9-16)5-4-6-14)7-10(15)8-13(11)17-2/h7-8H,3-6,9,16H2,1-2H3. The van der Waals surface area contributed by atoms with Crippen molar-refractivity contribution >= 4 is 11.6 Å². The van der Waals surface area contributed by atoms with Gasteiger partial charge in [-0.2, -0.15) is 0 Å². The van der Waals surface area contributed by atoms with E-state index in [1.807, 2.05) is 6.07 Å². The lowest BCUT2D eigenvalue weighted by Crippen LogP contribution is -2.42. The molecule has 1 fully saturated rings. The van der Waals surface area contributed by atoms with Crippen LogP contribution in [0, 0.1) is 0 Å². The van der Waals surface area contributed by atoms with Gasteiger partial charge >= 0.3 is 0 Å². The smallest absolute Gasteiger partial charge is 0.123 e. The zero-order chi connectivity index (χ0) is 12.5. The van der Waals surface area contributed by atoms with Gasteiger partial charge in [0, 0.05) is 17.0 Å². The average Bonchev–Trinajstić information content (AvgIpc) is 2.27. The zero-order valence-electron chi connectivity index (χ0n) is 10.6. The van der Waals surface area contributed by atoms with E-state index in [4.69, 9.17) is 22.1 Å². The third kappa shape index (κ3) is 2.04. The maximum absolute atomic E-state index is 6.18. The van der Waals surface area contributed by atoms with Crippen molar-refractivity contribution in [1.29, 1.82) is 0 Å². The highest BCUT2D eigenvalue weighted by atomic mass is 35.5. The molecule has 0 bridgehead atoms. The first-order chi connectivity index (χ1) is 8.16. The predicted molar refractivity (Wildman–Crippen MR) is 72.0 cm³/mol. The van der Waals surface area contributed by atoms with Crippen molar-refractivity contribution in [3.63, 3.8) is 0 Å². The van der Waals surface area contributed by atoms with E-state index in [0.717, 1.165) is 17.2 Å². The van der Waals surface area contributed by atoms with Crippen LogP contribution in [-0.4, -0.2) is 13.7 Å². The third-order valence-electron chi connectivity index (χ3n) is 4.02. The molecule has 0 unspecified atom stereocenters. The molecule has 1 aromatic rings. The minimum absolute atomic E-state index is 0.142. The van der Waals surface area contributed by atoms with Crippen LogP contribution < -0.4 is 10.5 Å². The van der Waals surface area contributed by atoms with E-state index in [1.165, 1.54) is 30.4 Å². The van der Waals surface area contributed by atoms with Crippen molar-refractivity contribution in [3.8, 4) is 5.75 Å². The van der Waals surface area contributed by atoms with Crippen LogP contribution in [0.3, 0.4) is 0 Å². The van der Waals surface area contributed by atoms with Crippen LogP contribution in [0.4, 0.5) is 0 Å². The molecule has 1 aliphatic rings. The predicted octanol–water partition coefficient (Wildman–Crippen LogP) is 3.29. The number of methoxy groups -OCH3 is 1. The Bertz CT molecular complexity index is 407. The number of halogens is 1. The van der Waals surface area contributed by atoms with Crippen LogP contribution in [0.25, 0.3) is 0 Å². The highest BCUT2D eigenvalue weighted by Gasteiger charge is 2.39. The first-order valence-electron chi connectivity index (χ1n) is 6.24. The van der Waals surface area contributed by atoms with Crippen molar-refractivity contribution in [3.05, 3.63) is 28.3 Å². The summed E-state index contributed by atoms with van der Waals surface area (Å²) in [6.45, 7) is 2.85. The van der Waals surface area contributed by atoms with Gasteiger partial charge in [0.25, 0.3) is 0 Å². The zero-order valence-corrected chi connectivity index (χ0v) is 11.3. The fourth-order valence-corrected chi connectivity index (χ4v) is 3.03. The molecule has 17 heavy (non-hydrogen) atoms. The Balaban J connectivity index is 2.55. The van der Waals surface area contributed by atoms with Crippen LogP contribution in [0.15, 0.2) is 12.1 Å². The summed E-state index contributed by atoms with van der Waals surface area (Å²) in [7, 11) is 1.70. The summed E-state index contributed by atoms with van der Waals surface area (Å²) in [5, 5.41) is 0.744. The molecule has 2 rings (SSSR count). The first-order valence-corrected chi connectivity index (χ1v) is 6.61. The number of rotatable bonds is 4. The third-order valence-corrected chi connectivity index (χ3v) is 4.24. The molecule has 0 aliphatic heterocycles. The normalized spacial score (nSPS) is 17.6. The number of benzene rings is 1. The second-order valence-corrected chi connectivity index (χ2v) is 5.26. The van der Waals surface area contributed by atoms with Gasteiger partial charge in [-0.1, -0.05) is 24.9 Å². The highest BCUT2D eigenvalue weighted by Crippen LogP contribution is 2.46. The lowest BCUT2D eigenvalue weighted by atomic mass is 9.63. The second-order valence-electron chi connectivity index (χ2n) is 4.83. The van der Waals surface area contributed by atoms with Crippen molar-refractivity contribution in [2.75, 3.05) is 13.7 Å². The molecule has 0 aromatic heterocycles. The van der Waals surface area contributed by atoms with Gasteiger partial charge in [-0.15, -0.1) is 0 Å². The molecule has 0 amide bonds. The monoisotopic (exact) mass is 253 g/mol. The Kier molecular flexibility index (Phi) is 3.64. The van der Waals surface area contributed by atoms with E-state index < -0.39 is 0 Å². The minimum Gasteiger partial charge on any atom is -0.496 e. The second kappa shape index (κ2) is 4.87. The maximum atomic E-state index is 6.18. The van der Waals surface area contributed by atoms with Gasteiger partial charge in [-0.3, -0.25) is 0 Å². The average molecular weight is 254 g/mol. The van der Waals surface area contributed by atoms with Crippen LogP contribution in [0.1, 0.15) is 37.3 Å². The molecule has 1 aliphatic carbocycles. The number of hydrogen-bond acceptors (Lipinski definition) is 2. The topological polar surface area (TPSA) is 35.2 Å². The maximum Gasteiger partial charge on any atom is 0.123 e. The molecule has 0 radical (unpaired) electrons.